The first-order valence-electron chi connectivity index (χ1n) is 20.8. The van der Waals surface area contributed by atoms with Gasteiger partial charge in [-0.1, -0.05) is 101 Å². The molecule has 4 unspecified atom stereocenters. The smallest absolute Gasteiger partial charge is 0.406 e. The fourth-order valence-corrected chi connectivity index (χ4v) is 7.68. The number of carbonyl (C=O) groups is 5. The van der Waals surface area contributed by atoms with Crippen LogP contribution in [0.15, 0.2) is 97.2 Å². The van der Waals surface area contributed by atoms with E-state index in [0.29, 0.717) is 5.69 Å². The van der Waals surface area contributed by atoms with Crippen molar-refractivity contribution in [1.82, 2.24) is 41.3 Å². The van der Waals surface area contributed by atoms with Crippen molar-refractivity contribution in [3.63, 3.8) is 0 Å². The van der Waals surface area contributed by atoms with Gasteiger partial charge in [0.2, 0.25) is 11.8 Å². The number of Topliss-reactive ketones (excluding diaryl/α,β-unsaturated/α-hetero) is 1. The molecule has 4 atom stereocenters. The van der Waals surface area contributed by atoms with Crippen LogP contribution in [0.25, 0.3) is 11.3 Å². The van der Waals surface area contributed by atoms with Crippen molar-refractivity contribution < 1.29 is 33.8 Å². The molecule has 0 bridgehead atoms. The van der Waals surface area contributed by atoms with Crippen LogP contribution >= 0.6 is 0 Å². The van der Waals surface area contributed by atoms with Crippen molar-refractivity contribution >= 4 is 29.7 Å². The van der Waals surface area contributed by atoms with Crippen molar-refractivity contribution in [2.75, 3.05) is 26.7 Å². The number of methoxy groups -OCH3 is 1. The van der Waals surface area contributed by atoms with Gasteiger partial charge < -0.3 is 30.7 Å². The van der Waals surface area contributed by atoms with E-state index in [9.17, 15) is 29.1 Å². The monoisotopic (exact) mass is 848 g/mol. The molecule has 62 heavy (non-hydrogen) atoms. The summed E-state index contributed by atoms with van der Waals surface area (Å²) in [6.45, 7) is 11.6. The zero-order valence-corrected chi connectivity index (χ0v) is 36.7. The second-order valence-electron chi connectivity index (χ2n) is 17.7. The van der Waals surface area contributed by atoms with Crippen LogP contribution in [0.5, 0.6) is 0 Å². The Labute approximate surface area is 364 Å². The highest BCUT2D eigenvalue weighted by molar-refractivity contribution is 5.92. The Bertz CT molecular complexity index is 2140. The van der Waals surface area contributed by atoms with Gasteiger partial charge in [0, 0.05) is 51.3 Å². The number of aromatic nitrogens is 2. The summed E-state index contributed by atoms with van der Waals surface area (Å²) >= 11 is 0. The number of aliphatic hydroxyl groups excluding tert-OH is 1. The zero-order valence-electron chi connectivity index (χ0n) is 36.7. The maximum absolute atomic E-state index is 14.7. The number of nitrogens with one attached hydrogen (secondary N) is 4. The molecule has 1 aliphatic heterocycles. The van der Waals surface area contributed by atoms with Crippen molar-refractivity contribution in [1.29, 1.82) is 0 Å². The van der Waals surface area contributed by atoms with Crippen molar-refractivity contribution in [2.24, 2.45) is 16.7 Å². The minimum absolute atomic E-state index is 0.0405. The van der Waals surface area contributed by atoms with E-state index in [-0.39, 0.29) is 74.9 Å². The summed E-state index contributed by atoms with van der Waals surface area (Å²) in [5.41, 5.74) is 5.96. The number of carbonyl (C=O) groups excluding carboxylic acids is 5. The first-order valence-corrected chi connectivity index (χ1v) is 20.8. The molecular weight excluding hydrogens is 789 g/mol. The van der Waals surface area contributed by atoms with Crippen molar-refractivity contribution in [2.45, 2.75) is 85.7 Å². The quantitative estimate of drug-likeness (QED) is 0.0611. The Kier molecular flexibility index (Phi) is 15.9. The number of aliphatic hydroxyl groups is 1. The van der Waals surface area contributed by atoms with Crippen LogP contribution in [0.2, 0.25) is 0 Å². The molecule has 0 saturated carbocycles. The molecule has 15 nitrogen and oxygen atoms in total. The summed E-state index contributed by atoms with van der Waals surface area (Å²) in [6.07, 6.45) is 0.244. The number of nitrogens with zero attached hydrogens (tertiary/aromatic N) is 4. The number of urea groups is 1. The van der Waals surface area contributed by atoms with Gasteiger partial charge in [-0.2, -0.15) is 0 Å². The van der Waals surface area contributed by atoms with Gasteiger partial charge in [-0.3, -0.25) is 24.8 Å². The minimum atomic E-state index is -1.19. The second-order valence-corrected chi connectivity index (χ2v) is 17.7. The topological polar surface area (TPSA) is 195 Å². The third-order valence-electron chi connectivity index (χ3n) is 10.8. The van der Waals surface area contributed by atoms with Gasteiger partial charge in [0.1, 0.15) is 5.69 Å². The lowest BCUT2D eigenvalue weighted by molar-refractivity contribution is -0.133. The molecule has 330 valence electrons. The largest absolute Gasteiger partial charge is 0.453 e. The van der Waals surface area contributed by atoms with E-state index >= 15 is 0 Å². The number of ketones is 1. The number of alkyl carbamates (subject to hydrolysis) is 1. The predicted octanol–water partition coefficient (Wildman–Crippen LogP) is 5.30. The van der Waals surface area contributed by atoms with Gasteiger partial charge in [-0.25, -0.2) is 19.6 Å². The zero-order chi connectivity index (χ0) is 45.0. The Morgan fingerprint density at radius 2 is 1.65 bits per heavy atom. The van der Waals surface area contributed by atoms with Crippen LogP contribution < -0.4 is 21.4 Å². The van der Waals surface area contributed by atoms with E-state index in [1.807, 2.05) is 107 Å². The molecule has 3 heterocycles. The van der Waals surface area contributed by atoms with Gasteiger partial charge >= 0.3 is 12.1 Å². The summed E-state index contributed by atoms with van der Waals surface area (Å²) in [6, 6.07) is 26.3. The van der Waals surface area contributed by atoms with E-state index in [1.54, 1.807) is 34.3 Å². The fraction of sp³-hybridized carbons (Fsp3) is 0.426. The van der Waals surface area contributed by atoms with E-state index in [1.165, 1.54) is 14.0 Å². The average Bonchev–Trinajstić information content (AvgIpc) is 3.57. The van der Waals surface area contributed by atoms with Crippen LogP contribution in [0.3, 0.4) is 0 Å². The molecule has 2 aromatic carbocycles. The molecule has 0 spiro atoms. The fourth-order valence-electron chi connectivity index (χ4n) is 7.68. The molecule has 15 heteroatoms. The van der Waals surface area contributed by atoms with E-state index < -0.39 is 41.0 Å². The first-order chi connectivity index (χ1) is 29.4. The van der Waals surface area contributed by atoms with Crippen molar-refractivity contribution in [3.8, 4) is 11.3 Å². The predicted molar refractivity (Wildman–Crippen MR) is 235 cm³/mol. The number of pyridine rings is 2. The summed E-state index contributed by atoms with van der Waals surface area (Å²) in [5, 5.41) is 22.6. The maximum atomic E-state index is 14.7. The molecule has 1 fully saturated rings. The van der Waals surface area contributed by atoms with Crippen molar-refractivity contribution in [3.05, 3.63) is 120 Å². The maximum Gasteiger partial charge on any atom is 0.406 e. The van der Waals surface area contributed by atoms with E-state index in [2.05, 4.69) is 31.3 Å². The third kappa shape index (κ3) is 13.4. The summed E-state index contributed by atoms with van der Waals surface area (Å²) in [5.74, 6) is -1.62. The van der Waals surface area contributed by atoms with Crippen LogP contribution in [-0.2, 0) is 33.8 Å². The van der Waals surface area contributed by atoms with Crippen LogP contribution in [0.1, 0.15) is 75.3 Å². The highest BCUT2D eigenvalue weighted by Crippen LogP contribution is 2.34. The number of ether oxygens (including phenoxy) is 1. The SMILES string of the molecule is COC(=O)NCC(C)(C)CC(=O)NN(Cc1ccc(-c2ccccn2)cc1)CC(O)C(Cc1ccccc1)NC(=O)C(C1CNC(=O)N1Cc1cccc(C(C)=O)n1)C(C)(C)C. The van der Waals surface area contributed by atoms with E-state index in [4.69, 9.17) is 4.74 Å². The Morgan fingerprint density at radius 3 is 2.29 bits per heavy atom. The normalized spacial score (nSPS) is 15.6. The van der Waals surface area contributed by atoms with E-state index in [0.717, 1.165) is 22.4 Å². The molecule has 0 aliphatic carbocycles. The van der Waals surface area contributed by atoms with Gasteiger partial charge in [0.15, 0.2) is 5.78 Å². The number of hydrogen-bond donors (Lipinski definition) is 5. The number of benzene rings is 2. The molecule has 2 aromatic heterocycles. The standard InChI is InChI=1S/C47H60N8O7/c1-31(56)36-18-13-16-35(51-36)28-55-39(26-49-44(55)60)42(46(2,3)4)43(59)52-38(24-32-14-9-8-10-15-32)40(57)29-54(53-41(58)25-47(5,6)30-50-45(61)62-7)27-33-19-21-34(22-20-33)37-17-11-12-23-48-37/h8-23,38-40,42,57H,24-30H2,1-7H3,(H,49,60)(H,50,61)(H,52,59)(H,53,58). The Hall–Kier alpha value is -6.19. The number of amides is 5. The number of hydrazine groups is 1. The number of rotatable bonds is 19. The summed E-state index contributed by atoms with van der Waals surface area (Å²) in [4.78, 5) is 76.2. The summed E-state index contributed by atoms with van der Waals surface area (Å²) in [7, 11) is 1.27. The Morgan fingerprint density at radius 1 is 0.935 bits per heavy atom. The second kappa shape index (κ2) is 21.1. The Balaban J connectivity index is 1.41. The molecule has 0 radical (unpaired) electrons. The molecule has 5 amide bonds. The average molecular weight is 849 g/mol. The molecule has 5 N–H and O–H groups in total. The lowest BCUT2D eigenvalue weighted by Crippen LogP contribution is -2.57. The molecule has 4 aromatic rings. The molecule has 1 saturated heterocycles. The first kappa shape index (κ1) is 46.9. The van der Waals surface area contributed by atoms with Crippen LogP contribution in [-0.4, -0.2) is 99.6 Å². The van der Waals surface area contributed by atoms with Gasteiger partial charge in [-0.15, -0.1) is 0 Å². The lowest BCUT2D eigenvalue weighted by atomic mass is 9.75. The molecule has 5 rings (SSSR count). The third-order valence-corrected chi connectivity index (χ3v) is 10.8. The van der Waals surface area contributed by atoms with Gasteiger partial charge in [0.25, 0.3) is 0 Å². The highest BCUT2D eigenvalue weighted by atomic mass is 16.5. The van der Waals surface area contributed by atoms with Gasteiger partial charge in [0.05, 0.1) is 49.1 Å². The van der Waals surface area contributed by atoms with Crippen LogP contribution in [0, 0.1) is 16.7 Å². The lowest BCUT2D eigenvalue weighted by Gasteiger charge is -2.39. The van der Waals surface area contributed by atoms with Crippen LogP contribution in [0.4, 0.5) is 9.59 Å². The number of hydrogen-bond acceptors (Lipinski definition) is 10. The van der Waals surface area contributed by atoms with Gasteiger partial charge in [-0.05, 0) is 52.6 Å². The molecule has 1 aliphatic rings. The molecular formula is C47H60N8O7. The summed E-state index contributed by atoms with van der Waals surface area (Å²) < 4.78 is 4.71. The highest BCUT2D eigenvalue weighted by Gasteiger charge is 2.46. The minimum Gasteiger partial charge on any atom is -0.453 e.